The maximum Gasteiger partial charge on any atom is 0.187 e. The quantitative estimate of drug-likeness (QED) is 0.854. The summed E-state index contributed by atoms with van der Waals surface area (Å²) < 4.78 is 10.4. The summed E-state index contributed by atoms with van der Waals surface area (Å²) in [5.41, 5.74) is 3.51. The van der Waals surface area contributed by atoms with E-state index in [0.29, 0.717) is 11.3 Å². The Morgan fingerprint density at radius 3 is 2.35 bits per heavy atom. The summed E-state index contributed by atoms with van der Waals surface area (Å²) in [5.74, 6) is 1.48. The van der Waals surface area contributed by atoms with Crippen molar-refractivity contribution in [3.63, 3.8) is 0 Å². The zero-order valence-corrected chi connectivity index (χ0v) is 11.3. The van der Waals surface area contributed by atoms with E-state index in [0.717, 1.165) is 22.4 Å². The van der Waals surface area contributed by atoms with E-state index in [2.05, 4.69) is 0 Å². The van der Waals surface area contributed by atoms with E-state index in [4.69, 9.17) is 9.47 Å². The number of ether oxygens (including phenoxy) is 2. The number of allylic oxidation sites excluding steroid dienone is 1. The second-order valence-electron chi connectivity index (χ2n) is 4.57. The van der Waals surface area contributed by atoms with Crippen LogP contribution in [0.25, 0.3) is 5.57 Å². The number of carbonyl (C=O) groups is 1. The van der Waals surface area contributed by atoms with E-state index in [1.165, 1.54) is 0 Å². The smallest absolute Gasteiger partial charge is 0.187 e. The first-order chi connectivity index (χ1) is 9.72. The van der Waals surface area contributed by atoms with Gasteiger partial charge in [-0.1, -0.05) is 12.1 Å². The average molecular weight is 266 g/mol. The molecule has 2 aromatic carbocycles. The van der Waals surface area contributed by atoms with Gasteiger partial charge in [0.1, 0.15) is 11.5 Å². The lowest BCUT2D eigenvalue weighted by atomic mass is 9.99. The molecule has 20 heavy (non-hydrogen) atoms. The third kappa shape index (κ3) is 1.97. The maximum absolute atomic E-state index is 12.1. The number of methoxy groups -OCH3 is 2. The normalized spacial score (nSPS) is 12.9. The van der Waals surface area contributed by atoms with Gasteiger partial charge < -0.3 is 9.47 Å². The highest BCUT2D eigenvalue weighted by Gasteiger charge is 2.22. The van der Waals surface area contributed by atoms with Crippen LogP contribution in [0.1, 0.15) is 21.5 Å². The van der Waals surface area contributed by atoms with Gasteiger partial charge in [-0.25, -0.2) is 0 Å². The van der Waals surface area contributed by atoms with Crippen LogP contribution in [0.4, 0.5) is 0 Å². The van der Waals surface area contributed by atoms with Crippen LogP contribution in [-0.4, -0.2) is 20.0 Å². The molecular formula is C17H14O3. The van der Waals surface area contributed by atoms with Gasteiger partial charge in [-0.15, -0.1) is 0 Å². The molecular weight excluding hydrogens is 252 g/mol. The summed E-state index contributed by atoms with van der Waals surface area (Å²) in [6.45, 7) is 0. The summed E-state index contributed by atoms with van der Waals surface area (Å²) in [4.78, 5) is 12.1. The Kier molecular flexibility index (Phi) is 3.03. The molecule has 0 fully saturated rings. The number of rotatable bonds is 3. The van der Waals surface area contributed by atoms with Crippen molar-refractivity contribution in [1.29, 1.82) is 0 Å². The van der Waals surface area contributed by atoms with E-state index in [-0.39, 0.29) is 5.78 Å². The predicted octanol–water partition coefficient (Wildman–Crippen LogP) is 3.33. The first kappa shape index (κ1) is 12.5. The molecule has 0 radical (unpaired) electrons. The Balaban J connectivity index is 2.09. The average Bonchev–Trinajstić information content (AvgIpc) is 2.84. The van der Waals surface area contributed by atoms with Gasteiger partial charge in [-0.2, -0.15) is 0 Å². The summed E-state index contributed by atoms with van der Waals surface area (Å²) >= 11 is 0. The molecule has 3 heteroatoms. The molecule has 100 valence electrons. The molecule has 3 nitrogen and oxygen atoms in total. The number of hydrogen-bond donors (Lipinski definition) is 0. The molecule has 0 aromatic heterocycles. The summed E-state index contributed by atoms with van der Waals surface area (Å²) in [7, 11) is 3.23. The van der Waals surface area contributed by atoms with Gasteiger partial charge in [0, 0.05) is 5.56 Å². The number of hydrogen-bond acceptors (Lipinski definition) is 3. The molecule has 1 aliphatic carbocycles. The van der Waals surface area contributed by atoms with E-state index < -0.39 is 0 Å². The molecule has 3 rings (SSSR count). The molecule has 0 atom stereocenters. The first-order valence-corrected chi connectivity index (χ1v) is 6.32. The molecule has 1 aliphatic rings. The number of fused-ring (bicyclic) bond motifs is 1. The van der Waals surface area contributed by atoms with Gasteiger partial charge in [0.2, 0.25) is 0 Å². The molecule has 0 bridgehead atoms. The minimum absolute atomic E-state index is 0.0109. The second-order valence-corrected chi connectivity index (χ2v) is 4.57. The third-order valence-electron chi connectivity index (χ3n) is 3.44. The fraction of sp³-hybridized carbons (Fsp3) is 0.118. The molecule has 0 saturated carbocycles. The van der Waals surface area contributed by atoms with Crippen LogP contribution in [0.2, 0.25) is 0 Å². The SMILES string of the molecule is COc1cccc(C2=CC(=O)c3cc(OC)ccc32)c1. The molecule has 0 aliphatic heterocycles. The van der Waals surface area contributed by atoms with Crippen molar-refractivity contribution in [2.75, 3.05) is 14.2 Å². The highest BCUT2D eigenvalue weighted by Crippen LogP contribution is 2.35. The Morgan fingerprint density at radius 2 is 1.60 bits per heavy atom. The zero-order chi connectivity index (χ0) is 14.1. The van der Waals surface area contributed by atoms with Crippen molar-refractivity contribution in [2.24, 2.45) is 0 Å². The van der Waals surface area contributed by atoms with Gasteiger partial charge in [0.25, 0.3) is 0 Å². The van der Waals surface area contributed by atoms with E-state index in [1.54, 1.807) is 26.4 Å². The van der Waals surface area contributed by atoms with Crippen LogP contribution in [0.15, 0.2) is 48.5 Å². The van der Waals surface area contributed by atoms with Crippen molar-refractivity contribution in [1.82, 2.24) is 0 Å². The predicted molar refractivity (Wildman–Crippen MR) is 77.4 cm³/mol. The van der Waals surface area contributed by atoms with Crippen LogP contribution in [0.3, 0.4) is 0 Å². The highest BCUT2D eigenvalue weighted by atomic mass is 16.5. The van der Waals surface area contributed by atoms with Gasteiger partial charge >= 0.3 is 0 Å². The third-order valence-corrected chi connectivity index (χ3v) is 3.44. The molecule has 0 spiro atoms. The van der Waals surface area contributed by atoms with Crippen molar-refractivity contribution >= 4 is 11.4 Å². The Morgan fingerprint density at radius 1 is 0.850 bits per heavy atom. The van der Waals surface area contributed by atoms with Crippen LogP contribution >= 0.6 is 0 Å². The van der Waals surface area contributed by atoms with Gasteiger partial charge in [-0.05, 0) is 53.1 Å². The van der Waals surface area contributed by atoms with Crippen LogP contribution in [0.5, 0.6) is 11.5 Å². The lowest BCUT2D eigenvalue weighted by Crippen LogP contribution is -1.93. The molecule has 0 unspecified atom stereocenters. The maximum atomic E-state index is 12.1. The minimum Gasteiger partial charge on any atom is -0.497 e. The Labute approximate surface area is 117 Å². The fourth-order valence-electron chi connectivity index (χ4n) is 2.41. The lowest BCUT2D eigenvalue weighted by Gasteiger charge is -2.08. The number of ketones is 1. The van der Waals surface area contributed by atoms with Crippen molar-refractivity contribution in [3.8, 4) is 11.5 Å². The van der Waals surface area contributed by atoms with Crippen LogP contribution in [0, 0.1) is 0 Å². The monoisotopic (exact) mass is 266 g/mol. The van der Waals surface area contributed by atoms with E-state index in [9.17, 15) is 4.79 Å². The van der Waals surface area contributed by atoms with Gasteiger partial charge in [0.15, 0.2) is 5.78 Å². The van der Waals surface area contributed by atoms with Crippen molar-refractivity contribution in [2.45, 2.75) is 0 Å². The standard InChI is InChI=1S/C17H14O3/c1-19-12-5-3-4-11(8-12)15-10-17(18)16-9-13(20-2)6-7-14(15)16/h3-10H,1-2H3. The zero-order valence-electron chi connectivity index (χ0n) is 11.3. The van der Waals surface area contributed by atoms with Gasteiger partial charge in [0.05, 0.1) is 14.2 Å². The highest BCUT2D eigenvalue weighted by molar-refractivity contribution is 6.19. The molecule has 2 aromatic rings. The summed E-state index contributed by atoms with van der Waals surface area (Å²) in [6.07, 6.45) is 1.67. The van der Waals surface area contributed by atoms with Gasteiger partial charge in [-0.3, -0.25) is 4.79 Å². The molecule has 0 N–H and O–H groups in total. The molecule has 0 amide bonds. The number of benzene rings is 2. The Bertz CT molecular complexity index is 714. The second kappa shape index (κ2) is 4.85. The summed E-state index contributed by atoms with van der Waals surface area (Å²) in [5, 5.41) is 0. The largest absolute Gasteiger partial charge is 0.497 e. The Hall–Kier alpha value is -2.55. The van der Waals surface area contributed by atoms with E-state index in [1.807, 2.05) is 36.4 Å². The minimum atomic E-state index is 0.0109. The first-order valence-electron chi connectivity index (χ1n) is 6.32. The molecule has 0 saturated heterocycles. The fourth-order valence-corrected chi connectivity index (χ4v) is 2.41. The van der Waals surface area contributed by atoms with Crippen LogP contribution < -0.4 is 9.47 Å². The topological polar surface area (TPSA) is 35.5 Å². The molecule has 0 heterocycles. The lowest BCUT2D eigenvalue weighted by molar-refractivity contribution is 0.104. The number of carbonyl (C=O) groups excluding carboxylic acids is 1. The van der Waals surface area contributed by atoms with Crippen molar-refractivity contribution < 1.29 is 14.3 Å². The van der Waals surface area contributed by atoms with Crippen LogP contribution in [-0.2, 0) is 0 Å². The van der Waals surface area contributed by atoms with Crippen molar-refractivity contribution in [3.05, 3.63) is 65.2 Å². The van der Waals surface area contributed by atoms with E-state index >= 15 is 0 Å². The summed E-state index contributed by atoms with van der Waals surface area (Å²) in [6, 6.07) is 13.3.